The molecule has 102 valence electrons. The van der Waals surface area contributed by atoms with Crippen LogP contribution < -0.4 is 11.2 Å². The molecule has 2 aromatic rings. The van der Waals surface area contributed by atoms with Gasteiger partial charge in [-0.1, -0.05) is 12.1 Å². The topological polar surface area (TPSA) is 139 Å². The number of fused-ring (bicyclic) bond motifs is 1. The number of aromatic nitrogens is 1. The average molecular weight is 274 g/mol. The number of rotatable bonds is 3. The van der Waals surface area contributed by atoms with Crippen LogP contribution in [0.15, 0.2) is 40.7 Å². The van der Waals surface area contributed by atoms with Crippen molar-refractivity contribution >= 4 is 28.6 Å². The van der Waals surface area contributed by atoms with Gasteiger partial charge in [-0.05, 0) is 6.07 Å². The molecule has 9 nitrogen and oxygen atoms in total. The largest absolute Gasteiger partial charge is 0.367 e. The van der Waals surface area contributed by atoms with E-state index in [1.165, 1.54) is 18.5 Å². The van der Waals surface area contributed by atoms with Crippen LogP contribution in [0.25, 0.3) is 10.8 Å². The highest BCUT2D eigenvalue weighted by atomic mass is 16.6. The summed E-state index contributed by atoms with van der Waals surface area (Å²) in [5.74, 6) is -0.285. The van der Waals surface area contributed by atoms with Crippen LogP contribution in [0.5, 0.6) is 0 Å². The maximum atomic E-state index is 10.9. The number of hydrogen-bond donors (Lipinski definition) is 3. The Morgan fingerprint density at radius 2 is 2.25 bits per heavy atom. The lowest BCUT2D eigenvalue weighted by molar-refractivity contribution is -0.383. The van der Waals surface area contributed by atoms with E-state index >= 15 is 0 Å². The summed E-state index contributed by atoms with van der Waals surface area (Å²) in [7, 11) is 0. The molecule has 0 aliphatic heterocycles. The lowest BCUT2D eigenvalue weighted by Gasteiger charge is -2.01. The monoisotopic (exact) mass is 274 g/mol. The minimum Gasteiger partial charge on any atom is -0.367 e. The third-order valence-corrected chi connectivity index (χ3v) is 2.47. The number of hydrogen-bond acceptors (Lipinski definition) is 6. The fraction of sp³-hybridized carbons (Fsp3) is 0. The van der Waals surface area contributed by atoms with E-state index < -0.39 is 4.92 Å². The Morgan fingerprint density at radius 1 is 1.45 bits per heavy atom. The summed E-state index contributed by atoms with van der Waals surface area (Å²) < 4.78 is 0. The van der Waals surface area contributed by atoms with Crippen LogP contribution in [0.4, 0.5) is 5.69 Å². The number of non-ortho nitro benzene ring substituents is 1. The predicted octanol–water partition coefficient (Wildman–Crippen LogP) is 0.770. The first kappa shape index (κ1) is 13.4. The second kappa shape index (κ2) is 5.71. The Bertz CT molecular complexity index is 712. The minimum atomic E-state index is -0.463. The van der Waals surface area contributed by atoms with Gasteiger partial charge < -0.3 is 5.73 Å². The molecule has 0 aliphatic rings. The van der Waals surface area contributed by atoms with Gasteiger partial charge in [0.1, 0.15) is 0 Å². The van der Waals surface area contributed by atoms with Gasteiger partial charge in [0.15, 0.2) is 0 Å². The van der Waals surface area contributed by atoms with Crippen LogP contribution in [0.1, 0.15) is 5.69 Å². The first-order valence-electron chi connectivity index (χ1n) is 5.42. The molecule has 20 heavy (non-hydrogen) atoms. The van der Waals surface area contributed by atoms with E-state index in [-0.39, 0.29) is 11.6 Å². The van der Waals surface area contributed by atoms with Gasteiger partial charge in [0.25, 0.3) is 5.69 Å². The fourth-order valence-corrected chi connectivity index (χ4v) is 1.64. The van der Waals surface area contributed by atoms with Crippen molar-refractivity contribution in [3.05, 3.63) is 46.3 Å². The van der Waals surface area contributed by atoms with Gasteiger partial charge in [-0.25, -0.2) is 5.48 Å². The molecule has 0 aliphatic carbocycles. The molecule has 0 atom stereocenters. The molecule has 2 rings (SSSR count). The summed E-state index contributed by atoms with van der Waals surface area (Å²) in [6.07, 6.45) is 2.73. The first-order chi connectivity index (χ1) is 9.63. The van der Waals surface area contributed by atoms with Crippen LogP contribution in [-0.2, 0) is 0 Å². The SMILES string of the molecule is NC(=NN=Cc1nccc2c([N+](=O)[O-])cccc12)NO. The van der Waals surface area contributed by atoms with Gasteiger partial charge in [-0.3, -0.25) is 20.3 Å². The first-order valence-corrected chi connectivity index (χ1v) is 5.42. The van der Waals surface area contributed by atoms with E-state index in [2.05, 4.69) is 15.2 Å². The normalized spacial score (nSPS) is 11.9. The van der Waals surface area contributed by atoms with E-state index in [9.17, 15) is 10.1 Å². The maximum absolute atomic E-state index is 10.9. The van der Waals surface area contributed by atoms with E-state index in [0.29, 0.717) is 16.5 Å². The van der Waals surface area contributed by atoms with E-state index in [1.807, 2.05) is 0 Å². The molecule has 0 unspecified atom stereocenters. The van der Waals surface area contributed by atoms with Crippen LogP contribution in [-0.4, -0.2) is 27.3 Å². The number of nitro benzene ring substituents is 1. The molecule has 1 heterocycles. The van der Waals surface area contributed by atoms with Crippen LogP contribution in [0, 0.1) is 10.1 Å². The van der Waals surface area contributed by atoms with Gasteiger partial charge in [0.2, 0.25) is 5.96 Å². The summed E-state index contributed by atoms with van der Waals surface area (Å²) in [6.45, 7) is 0. The second-order valence-corrected chi connectivity index (χ2v) is 3.67. The third kappa shape index (κ3) is 2.67. The number of guanidine groups is 1. The maximum Gasteiger partial charge on any atom is 0.277 e. The summed E-state index contributed by atoms with van der Waals surface area (Å²) in [6, 6.07) is 6.22. The van der Waals surface area contributed by atoms with Crippen molar-refractivity contribution in [2.24, 2.45) is 15.9 Å². The Balaban J connectivity index is 2.51. The number of nitro groups is 1. The van der Waals surface area contributed by atoms with Crippen LogP contribution >= 0.6 is 0 Å². The van der Waals surface area contributed by atoms with E-state index in [4.69, 9.17) is 10.9 Å². The number of nitrogens with one attached hydrogen (secondary N) is 1. The Labute approximate surface area is 112 Å². The molecule has 0 saturated carbocycles. The zero-order chi connectivity index (χ0) is 14.5. The van der Waals surface area contributed by atoms with Crippen molar-refractivity contribution in [2.45, 2.75) is 0 Å². The van der Waals surface area contributed by atoms with E-state index in [0.717, 1.165) is 0 Å². The third-order valence-electron chi connectivity index (χ3n) is 2.47. The van der Waals surface area contributed by atoms with Gasteiger partial charge in [-0.2, -0.15) is 5.10 Å². The lowest BCUT2D eigenvalue weighted by Crippen LogP contribution is -2.27. The molecule has 1 aromatic heterocycles. The zero-order valence-electron chi connectivity index (χ0n) is 10.1. The summed E-state index contributed by atoms with van der Waals surface area (Å²) in [4.78, 5) is 14.5. The molecule has 0 saturated heterocycles. The van der Waals surface area contributed by atoms with Crippen molar-refractivity contribution in [2.75, 3.05) is 0 Å². The Morgan fingerprint density at radius 3 is 2.95 bits per heavy atom. The average Bonchev–Trinajstić information content (AvgIpc) is 2.46. The Kier molecular flexibility index (Phi) is 3.82. The highest BCUT2D eigenvalue weighted by Gasteiger charge is 2.12. The molecular weight excluding hydrogens is 264 g/mol. The molecule has 4 N–H and O–H groups in total. The number of nitrogens with two attached hydrogens (primary N) is 1. The smallest absolute Gasteiger partial charge is 0.277 e. The quantitative estimate of drug-likeness (QED) is 0.327. The molecule has 1 aromatic carbocycles. The zero-order valence-corrected chi connectivity index (χ0v) is 10.1. The van der Waals surface area contributed by atoms with Gasteiger partial charge in [-0.15, -0.1) is 5.10 Å². The minimum absolute atomic E-state index is 0.0143. The standard InChI is InChI=1S/C11H10N6O3/c12-11(16-18)15-14-6-9-7-2-1-3-10(17(19)20)8(7)4-5-13-9/h1-6,18H,(H3,12,15,16). The van der Waals surface area contributed by atoms with Crippen molar-refractivity contribution in [3.63, 3.8) is 0 Å². The number of nitrogens with zero attached hydrogens (tertiary/aromatic N) is 4. The summed E-state index contributed by atoms with van der Waals surface area (Å²) in [5, 5.41) is 27.4. The predicted molar refractivity (Wildman–Crippen MR) is 72.5 cm³/mol. The molecule has 9 heteroatoms. The highest BCUT2D eigenvalue weighted by Crippen LogP contribution is 2.25. The summed E-state index contributed by atoms with van der Waals surface area (Å²) >= 11 is 0. The van der Waals surface area contributed by atoms with Gasteiger partial charge in [0, 0.05) is 17.6 Å². The second-order valence-electron chi connectivity index (χ2n) is 3.67. The highest BCUT2D eigenvalue weighted by molar-refractivity contribution is 6.01. The number of pyridine rings is 1. The van der Waals surface area contributed by atoms with Gasteiger partial charge >= 0.3 is 0 Å². The van der Waals surface area contributed by atoms with Gasteiger partial charge in [0.05, 0.1) is 22.2 Å². The lowest BCUT2D eigenvalue weighted by atomic mass is 10.1. The van der Waals surface area contributed by atoms with Crippen molar-refractivity contribution in [3.8, 4) is 0 Å². The molecule has 0 radical (unpaired) electrons. The molecular formula is C11H10N6O3. The Hall–Kier alpha value is -3.07. The fourth-order valence-electron chi connectivity index (χ4n) is 1.64. The number of benzene rings is 1. The van der Waals surface area contributed by atoms with Crippen LogP contribution in [0.3, 0.4) is 0 Å². The molecule has 0 fully saturated rings. The molecule has 0 amide bonds. The van der Waals surface area contributed by atoms with Crippen molar-refractivity contribution < 1.29 is 10.1 Å². The number of hydroxylamine groups is 1. The van der Waals surface area contributed by atoms with E-state index in [1.54, 1.807) is 23.7 Å². The van der Waals surface area contributed by atoms with Crippen molar-refractivity contribution in [1.82, 2.24) is 10.5 Å². The molecule has 0 spiro atoms. The van der Waals surface area contributed by atoms with Crippen LogP contribution in [0.2, 0.25) is 0 Å². The van der Waals surface area contributed by atoms with Crippen molar-refractivity contribution in [1.29, 1.82) is 0 Å². The summed E-state index contributed by atoms with van der Waals surface area (Å²) in [5.41, 5.74) is 7.18. The molecule has 0 bridgehead atoms.